The molecule has 0 fully saturated rings. The van der Waals surface area contributed by atoms with E-state index in [2.05, 4.69) is 11.8 Å². The third kappa shape index (κ3) is 2.56. The molecular formula is C12H10O2. The highest BCUT2D eigenvalue weighted by Gasteiger charge is 2.01. The zero-order chi connectivity index (χ0) is 10.4. The maximum absolute atomic E-state index is 11.3. The molecule has 1 aromatic carbocycles. The van der Waals surface area contributed by atoms with Crippen molar-refractivity contribution in [3.8, 4) is 11.8 Å². The number of Topliss-reactive ketones (excluding diaryl/α,β-unsaturated/α-hetero) is 1. The molecule has 0 aliphatic rings. The predicted molar refractivity (Wildman–Crippen MR) is 54.0 cm³/mol. The molecule has 70 valence electrons. The minimum Gasteiger partial charge on any atom is -0.294 e. The standard InChI is InChI=1S/C12H10O2/c1-2-12(14)11-7-3-5-10(9-11)6-4-8-13/h3,5,7-9H,2H2,1H3. The lowest BCUT2D eigenvalue weighted by atomic mass is 10.1. The maximum atomic E-state index is 11.3. The Morgan fingerprint density at radius 1 is 1.50 bits per heavy atom. The lowest BCUT2D eigenvalue weighted by Gasteiger charge is -1.97. The molecule has 0 aliphatic carbocycles. The quantitative estimate of drug-likeness (QED) is 0.401. The van der Waals surface area contributed by atoms with Crippen LogP contribution in [0.2, 0.25) is 0 Å². The summed E-state index contributed by atoms with van der Waals surface area (Å²) in [5.74, 6) is 5.03. The van der Waals surface area contributed by atoms with Crippen LogP contribution >= 0.6 is 0 Å². The van der Waals surface area contributed by atoms with E-state index in [1.54, 1.807) is 24.3 Å². The summed E-state index contributed by atoms with van der Waals surface area (Å²) in [5.41, 5.74) is 1.33. The van der Waals surface area contributed by atoms with E-state index in [0.717, 1.165) is 0 Å². The number of hydrogen-bond acceptors (Lipinski definition) is 2. The average Bonchev–Trinajstić information content (AvgIpc) is 2.25. The van der Waals surface area contributed by atoms with Gasteiger partial charge >= 0.3 is 0 Å². The molecule has 0 unspecified atom stereocenters. The third-order valence-corrected chi connectivity index (χ3v) is 1.78. The van der Waals surface area contributed by atoms with Crippen LogP contribution in [0.1, 0.15) is 29.3 Å². The van der Waals surface area contributed by atoms with E-state index in [4.69, 9.17) is 0 Å². The van der Waals surface area contributed by atoms with Crippen molar-refractivity contribution in [2.24, 2.45) is 0 Å². The lowest BCUT2D eigenvalue weighted by Crippen LogP contribution is -1.96. The average molecular weight is 186 g/mol. The van der Waals surface area contributed by atoms with Gasteiger partial charge in [-0.15, -0.1) is 0 Å². The molecule has 0 aromatic heterocycles. The van der Waals surface area contributed by atoms with Crippen molar-refractivity contribution in [1.29, 1.82) is 0 Å². The van der Waals surface area contributed by atoms with E-state index in [9.17, 15) is 9.59 Å². The van der Waals surface area contributed by atoms with Gasteiger partial charge in [-0.3, -0.25) is 9.59 Å². The number of ketones is 1. The molecule has 0 heterocycles. The number of benzene rings is 1. The van der Waals surface area contributed by atoms with Crippen molar-refractivity contribution in [3.05, 3.63) is 35.4 Å². The van der Waals surface area contributed by atoms with E-state index < -0.39 is 0 Å². The van der Waals surface area contributed by atoms with Crippen molar-refractivity contribution in [3.63, 3.8) is 0 Å². The summed E-state index contributed by atoms with van der Waals surface area (Å²) >= 11 is 0. The van der Waals surface area contributed by atoms with Crippen LogP contribution in [0.25, 0.3) is 0 Å². The largest absolute Gasteiger partial charge is 0.294 e. The molecule has 0 saturated heterocycles. The fourth-order valence-electron chi connectivity index (χ4n) is 1.09. The lowest BCUT2D eigenvalue weighted by molar-refractivity contribution is -0.103. The monoisotopic (exact) mass is 186 g/mol. The predicted octanol–water partition coefficient (Wildman–Crippen LogP) is 1.83. The topological polar surface area (TPSA) is 34.1 Å². The van der Waals surface area contributed by atoms with Gasteiger partial charge < -0.3 is 0 Å². The van der Waals surface area contributed by atoms with Crippen molar-refractivity contribution in [2.75, 3.05) is 0 Å². The molecule has 0 radical (unpaired) electrons. The Hall–Kier alpha value is -1.88. The number of carbonyl (C=O) groups excluding carboxylic acids is 2. The molecule has 14 heavy (non-hydrogen) atoms. The van der Waals surface area contributed by atoms with Gasteiger partial charge in [0.25, 0.3) is 0 Å². The highest BCUT2D eigenvalue weighted by atomic mass is 16.1. The normalized spacial score (nSPS) is 8.64. The van der Waals surface area contributed by atoms with Gasteiger partial charge in [-0.2, -0.15) is 0 Å². The number of rotatable bonds is 2. The molecule has 0 spiro atoms. The van der Waals surface area contributed by atoms with E-state index in [0.29, 0.717) is 23.8 Å². The van der Waals surface area contributed by atoms with Crippen molar-refractivity contribution < 1.29 is 9.59 Å². The molecular weight excluding hydrogens is 176 g/mol. The second kappa shape index (κ2) is 4.98. The summed E-state index contributed by atoms with van der Waals surface area (Å²) < 4.78 is 0. The van der Waals surface area contributed by atoms with Crippen LogP contribution in [0.3, 0.4) is 0 Å². The highest BCUT2D eigenvalue weighted by Crippen LogP contribution is 2.06. The summed E-state index contributed by atoms with van der Waals surface area (Å²) in [6.45, 7) is 1.81. The number of aldehydes is 1. The first-order valence-corrected chi connectivity index (χ1v) is 4.36. The highest BCUT2D eigenvalue weighted by molar-refractivity contribution is 5.96. The van der Waals surface area contributed by atoms with Crippen molar-refractivity contribution in [2.45, 2.75) is 13.3 Å². The van der Waals surface area contributed by atoms with Gasteiger partial charge in [-0.05, 0) is 18.1 Å². The number of hydrogen-bond donors (Lipinski definition) is 0. The Labute approximate surface area is 82.9 Å². The van der Waals surface area contributed by atoms with E-state index in [-0.39, 0.29) is 5.78 Å². The van der Waals surface area contributed by atoms with Crippen LogP contribution in [-0.2, 0) is 4.79 Å². The van der Waals surface area contributed by atoms with E-state index in [1.165, 1.54) is 0 Å². The maximum Gasteiger partial charge on any atom is 0.193 e. The Balaban J connectivity index is 3.00. The fraction of sp³-hybridized carbons (Fsp3) is 0.167. The molecule has 1 rings (SSSR count). The van der Waals surface area contributed by atoms with Gasteiger partial charge in [-0.25, -0.2) is 0 Å². The van der Waals surface area contributed by atoms with Gasteiger partial charge in [0, 0.05) is 17.5 Å². The Morgan fingerprint density at radius 3 is 2.93 bits per heavy atom. The van der Waals surface area contributed by atoms with Crippen molar-refractivity contribution in [1.82, 2.24) is 0 Å². The summed E-state index contributed by atoms with van der Waals surface area (Å²) in [5, 5.41) is 0. The minimum atomic E-state index is 0.0831. The zero-order valence-electron chi connectivity index (χ0n) is 7.91. The first-order valence-electron chi connectivity index (χ1n) is 4.36. The molecule has 0 N–H and O–H groups in total. The van der Waals surface area contributed by atoms with Gasteiger partial charge in [0.1, 0.15) is 0 Å². The summed E-state index contributed by atoms with van der Waals surface area (Å²) in [7, 11) is 0. The van der Waals surface area contributed by atoms with Crippen LogP contribution in [0.5, 0.6) is 0 Å². The number of carbonyl (C=O) groups is 2. The van der Waals surface area contributed by atoms with Crippen LogP contribution in [-0.4, -0.2) is 12.1 Å². The fourth-order valence-corrected chi connectivity index (χ4v) is 1.09. The molecule has 2 nitrogen and oxygen atoms in total. The Kier molecular flexibility index (Phi) is 3.63. The van der Waals surface area contributed by atoms with Gasteiger partial charge in [0.2, 0.25) is 0 Å². The Morgan fingerprint density at radius 2 is 2.29 bits per heavy atom. The second-order valence-electron chi connectivity index (χ2n) is 2.74. The Bertz CT molecular complexity index is 408. The summed E-state index contributed by atoms with van der Waals surface area (Å²) in [4.78, 5) is 21.3. The minimum absolute atomic E-state index is 0.0831. The van der Waals surface area contributed by atoms with Crippen molar-refractivity contribution >= 4 is 12.1 Å². The molecule has 2 heteroatoms. The second-order valence-corrected chi connectivity index (χ2v) is 2.74. The molecule has 0 saturated carbocycles. The van der Waals surface area contributed by atoms with Gasteiger partial charge in [0.15, 0.2) is 12.1 Å². The van der Waals surface area contributed by atoms with Crippen LogP contribution < -0.4 is 0 Å². The molecule has 0 bridgehead atoms. The smallest absolute Gasteiger partial charge is 0.193 e. The summed E-state index contributed by atoms with van der Waals surface area (Å²) in [6, 6.07) is 6.97. The van der Waals surface area contributed by atoms with Crippen LogP contribution in [0.4, 0.5) is 0 Å². The molecule has 0 amide bonds. The summed E-state index contributed by atoms with van der Waals surface area (Å²) in [6.07, 6.45) is 1.01. The molecule has 1 aromatic rings. The van der Waals surface area contributed by atoms with E-state index >= 15 is 0 Å². The van der Waals surface area contributed by atoms with Crippen LogP contribution in [0.15, 0.2) is 24.3 Å². The molecule has 0 atom stereocenters. The first kappa shape index (κ1) is 10.2. The van der Waals surface area contributed by atoms with Crippen LogP contribution in [0, 0.1) is 11.8 Å². The third-order valence-electron chi connectivity index (χ3n) is 1.78. The first-order chi connectivity index (χ1) is 6.77. The zero-order valence-corrected chi connectivity index (χ0v) is 7.91. The molecule has 0 aliphatic heterocycles. The SMILES string of the molecule is CCC(=O)c1cccc(C#CC=O)c1. The van der Waals surface area contributed by atoms with E-state index in [1.807, 2.05) is 6.92 Å². The van der Waals surface area contributed by atoms with Gasteiger partial charge in [0.05, 0.1) is 0 Å². The van der Waals surface area contributed by atoms with Gasteiger partial charge in [-0.1, -0.05) is 25.0 Å².